The van der Waals surface area contributed by atoms with Crippen LogP contribution >= 0.6 is 0 Å². The highest BCUT2D eigenvalue weighted by atomic mass is 16.5. The molecule has 0 fully saturated rings. The van der Waals surface area contributed by atoms with Gasteiger partial charge in [-0.3, -0.25) is 9.59 Å². The molecule has 0 radical (unpaired) electrons. The van der Waals surface area contributed by atoms with Crippen LogP contribution in [0.1, 0.15) is 23.6 Å². The summed E-state index contributed by atoms with van der Waals surface area (Å²) in [6.45, 7) is 7.40. The van der Waals surface area contributed by atoms with E-state index >= 15 is 0 Å². The largest absolute Gasteiger partial charge is 0.483 e. The van der Waals surface area contributed by atoms with Crippen molar-refractivity contribution < 1.29 is 14.3 Å². The summed E-state index contributed by atoms with van der Waals surface area (Å²) in [7, 11) is 0. The molecule has 0 aromatic heterocycles. The highest BCUT2D eigenvalue weighted by Crippen LogP contribution is 2.22. The Labute approximate surface area is 142 Å². The standard InChI is InChI=1S/C19H22N2O3/c1-12-9-14(3)18(10-13(12)2)24-11-19(23)21-17-7-5-16(6-8-17)20-15(4)22/h5-10H,11H2,1-4H3,(H,20,22)(H,21,23). The maximum Gasteiger partial charge on any atom is 0.262 e. The summed E-state index contributed by atoms with van der Waals surface area (Å²) >= 11 is 0. The van der Waals surface area contributed by atoms with Crippen LogP contribution < -0.4 is 15.4 Å². The number of rotatable bonds is 5. The predicted molar refractivity (Wildman–Crippen MR) is 95.5 cm³/mol. The van der Waals surface area contributed by atoms with Gasteiger partial charge in [0.25, 0.3) is 5.91 Å². The second kappa shape index (κ2) is 7.64. The van der Waals surface area contributed by atoms with Crippen molar-refractivity contribution in [2.24, 2.45) is 0 Å². The fourth-order valence-corrected chi connectivity index (χ4v) is 2.27. The molecule has 0 heterocycles. The van der Waals surface area contributed by atoms with Crippen LogP contribution in [0.5, 0.6) is 5.75 Å². The van der Waals surface area contributed by atoms with E-state index in [1.54, 1.807) is 24.3 Å². The fourth-order valence-electron chi connectivity index (χ4n) is 2.27. The lowest BCUT2D eigenvalue weighted by Crippen LogP contribution is -2.20. The average molecular weight is 326 g/mol. The summed E-state index contributed by atoms with van der Waals surface area (Å²) in [5, 5.41) is 5.43. The van der Waals surface area contributed by atoms with E-state index in [9.17, 15) is 9.59 Å². The molecule has 5 nitrogen and oxygen atoms in total. The molecule has 126 valence electrons. The fraction of sp³-hybridized carbons (Fsp3) is 0.263. The number of hydrogen-bond donors (Lipinski definition) is 2. The molecule has 2 rings (SSSR count). The topological polar surface area (TPSA) is 67.4 Å². The minimum absolute atomic E-state index is 0.0587. The van der Waals surface area contributed by atoms with Gasteiger partial charge in [0.05, 0.1) is 0 Å². The minimum atomic E-state index is -0.236. The Balaban J connectivity index is 1.91. The van der Waals surface area contributed by atoms with Gasteiger partial charge in [-0.1, -0.05) is 6.07 Å². The number of amides is 2. The predicted octanol–water partition coefficient (Wildman–Crippen LogP) is 3.59. The number of benzene rings is 2. The SMILES string of the molecule is CC(=O)Nc1ccc(NC(=O)COc2cc(C)c(C)cc2C)cc1. The third kappa shape index (κ3) is 4.84. The van der Waals surface area contributed by atoms with Crippen LogP contribution in [0.25, 0.3) is 0 Å². The van der Waals surface area contributed by atoms with Crippen LogP contribution in [-0.2, 0) is 9.59 Å². The summed E-state index contributed by atoms with van der Waals surface area (Å²) in [4.78, 5) is 23.0. The average Bonchev–Trinajstić information content (AvgIpc) is 2.51. The number of carbonyl (C=O) groups excluding carboxylic acids is 2. The number of anilines is 2. The summed E-state index contributed by atoms with van der Waals surface area (Å²) in [5.41, 5.74) is 4.66. The van der Waals surface area contributed by atoms with Gasteiger partial charge in [0.1, 0.15) is 5.75 Å². The molecular weight excluding hydrogens is 304 g/mol. The second-order valence-electron chi connectivity index (χ2n) is 5.80. The smallest absolute Gasteiger partial charge is 0.262 e. The molecule has 2 amide bonds. The second-order valence-corrected chi connectivity index (χ2v) is 5.80. The maximum absolute atomic E-state index is 12.0. The van der Waals surface area contributed by atoms with Crippen LogP contribution in [0.4, 0.5) is 11.4 Å². The lowest BCUT2D eigenvalue weighted by Gasteiger charge is -2.12. The van der Waals surface area contributed by atoms with Crippen molar-refractivity contribution in [1.29, 1.82) is 0 Å². The summed E-state index contributed by atoms with van der Waals surface area (Å²) in [6, 6.07) is 10.9. The van der Waals surface area contributed by atoms with E-state index in [0.717, 1.165) is 11.1 Å². The molecular formula is C19H22N2O3. The molecule has 2 aromatic carbocycles. The number of aryl methyl sites for hydroxylation is 3. The van der Waals surface area contributed by atoms with E-state index in [0.29, 0.717) is 17.1 Å². The van der Waals surface area contributed by atoms with Crippen molar-refractivity contribution in [3.8, 4) is 5.75 Å². The zero-order chi connectivity index (χ0) is 17.7. The third-order valence-electron chi connectivity index (χ3n) is 3.64. The van der Waals surface area contributed by atoms with Crippen LogP contribution in [0.3, 0.4) is 0 Å². The zero-order valence-corrected chi connectivity index (χ0v) is 14.4. The van der Waals surface area contributed by atoms with Gasteiger partial charge in [0.15, 0.2) is 6.61 Å². The summed E-state index contributed by atoms with van der Waals surface area (Å²) in [6.07, 6.45) is 0. The molecule has 0 aliphatic heterocycles. The van der Waals surface area contributed by atoms with Gasteiger partial charge in [0, 0.05) is 18.3 Å². The molecule has 0 saturated carbocycles. The Bertz CT molecular complexity index is 752. The Morgan fingerprint density at radius 1 is 0.875 bits per heavy atom. The molecule has 2 N–H and O–H groups in total. The van der Waals surface area contributed by atoms with E-state index in [1.165, 1.54) is 12.5 Å². The van der Waals surface area contributed by atoms with Crippen molar-refractivity contribution in [1.82, 2.24) is 0 Å². The normalized spacial score (nSPS) is 10.2. The van der Waals surface area contributed by atoms with Crippen molar-refractivity contribution in [3.63, 3.8) is 0 Å². The minimum Gasteiger partial charge on any atom is -0.483 e. The highest BCUT2D eigenvalue weighted by molar-refractivity contribution is 5.93. The van der Waals surface area contributed by atoms with Crippen LogP contribution in [0.2, 0.25) is 0 Å². The van der Waals surface area contributed by atoms with E-state index in [2.05, 4.69) is 10.6 Å². The van der Waals surface area contributed by atoms with E-state index < -0.39 is 0 Å². The monoisotopic (exact) mass is 326 g/mol. The Kier molecular flexibility index (Phi) is 5.58. The molecule has 0 bridgehead atoms. The number of carbonyl (C=O) groups is 2. The van der Waals surface area contributed by atoms with Crippen LogP contribution in [-0.4, -0.2) is 18.4 Å². The first-order valence-corrected chi connectivity index (χ1v) is 7.73. The van der Waals surface area contributed by atoms with Crippen molar-refractivity contribution in [2.75, 3.05) is 17.2 Å². The lowest BCUT2D eigenvalue weighted by molar-refractivity contribution is -0.118. The molecule has 0 unspecified atom stereocenters. The lowest BCUT2D eigenvalue weighted by atomic mass is 10.1. The number of nitrogens with one attached hydrogen (secondary N) is 2. The Hall–Kier alpha value is -2.82. The molecule has 0 spiro atoms. The van der Waals surface area contributed by atoms with E-state index in [-0.39, 0.29) is 18.4 Å². The molecule has 24 heavy (non-hydrogen) atoms. The Morgan fingerprint density at radius 2 is 1.42 bits per heavy atom. The molecule has 0 atom stereocenters. The third-order valence-corrected chi connectivity index (χ3v) is 3.64. The first kappa shape index (κ1) is 17.5. The number of ether oxygens (including phenoxy) is 1. The van der Waals surface area contributed by atoms with E-state index in [4.69, 9.17) is 4.74 Å². The van der Waals surface area contributed by atoms with Crippen LogP contribution in [0.15, 0.2) is 36.4 Å². The van der Waals surface area contributed by atoms with Gasteiger partial charge in [-0.25, -0.2) is 0 Å². The highest BCUT2D eigenvalue weighted by Gasteiger charge is 2.07. The molecule has 5 heteroatoms. The summed E-state index contributed by atoms with van der Waals surface area (Å²) in [5.74, 6) is 0.345. The van der Waals surface area contributed by atoms with Gasteiger partial charge < -0.3 is 15.4 Å². The van der Waals surface area contributed by atoms with Gasteiger partial charge in [-0.15, -0.1) is 0 Å². The number of hydrogen-bond acceptors (Lipinski definition) is 3. The summed E-state index contributed by atoms with van der Waals surface area (Å²) < 4.78 is 5.61. The quantitative estimate of drug-likeness (QED) is 0.882. The molecule has 0 aliphatic rings. The van der Waals surface area contributed by atoms with Crippen molar-refractivity contribution in [2.45, 2.75) is 27.7 Å². The molecule has 0 aliphatic carbocycles. The zero-order valence-electron chi connectivity index (χ0n) is 14.4. The first-order valence-electron chi connectivity index (χ1n) is 7.73. The molecule has 0 saturated heterocycles. The Morgan fingerprint density at radius 3 is 2.00 bits per heavy atom. The van der Waals surface area contributed by atoms with Crippen LogP contribution in [0, 0.1) is 20.8 Å². The van der Waals surface area contributed by atoms with Gasteiger partial charge in [0.2, 0.25) is 5.91 Å². The van der Waals surface area contributed by atoms with Crippen molar-refractivity contribution >= 4 is 23.2 Å². The van der Waals surface area contributed by atoms with Gasteiger partial charge >= 0.3 is 0 Å². The van der Waals surface area contributed by atoms with Gasteiger partial charge in [-0.2, -0.15) is 0 Å². The maximum atomic E-state index is 12.0. The van der Waals surface area contributed by atoms with Crippen molar-refractivity contribution in [3.05, 3.63) is 53.1 Å². The molecule has 2 aromatic rings. The van der Waals surface area contributed by atoms with E-state index in [1.807, 2.05) is 32.9 Å². The first-order chi connectivity index (χ1) is 11.3. The van der Waals surface area contributed by atoms with Gasteiger partial charge in [-0.05, 0) is 67.8 Å².